The van der Waals surface area contributed by atoms with Crippen LogP contribution in [0, 0.1) is 11.3 Å². The minimum absolute atomic E-state index is 0.0849. The number of aliphatic hydroxyl groups excluding tert-OH is 3. The van der Waals surface area contributed by atoms with Crippen LogP contribution in [0.2, 0.25) is 0 Å². The van der Waals surface area contributed by atoms with E-state index in [4.69, 9.17) is 26.0 Å². The van der Waals surface area contributed by atoms with Gasteiger partial charge in [-0.15, -0.1) is 0 Å². The summed E-state index contributed by atoms with van der Waals surface area (Å²) in [5.74, 6) is -1.33. The zero-order valence-corrected chi connectivity index (χ0v) is 31.1. The number of anilines is 1. The molecule has 12 N–H and O–H groups in total. The third-order valence-electron chi connectivity index (χ3n) is 8.09. The predicted molar refractivity (Wildman–Crippen MR) is 185 cm³/mol. The molecular formula is C27H48N9O12PS2. The van der Waals surface area contributed by atoms with Gasteiger partial charge in [0, 0.05) is 48.5 Å². The third kappa shape index (κ3) is 12.3. The Hall–Kier alpha value is -2.54. The van der Waals surface area contributed by atoms with E-state index in [0.717, 1.165) is 0 Å². The number of aromatic nitrogens is 4. The number of nitrogens with two attached hydrogens (primary N) is 2. The van der Waals surface area contributed by atoms with Crippen LogP contribution in [0.1, 0.15) is 40.3 Å². The molecule has 0 bridgehead atoms. The van der Waals surface area contributed by atoms with Gasteiger partial charge in [0.1, 0.15) is 36.3 Å². The Morgan fingerprint density at radius 3 is 2.49 bits per heavy atom. The fourth-order valence-electron chi connectivity index (χ4n) is 4.94. The van der Waals surface area contributed by atoms with Crippen LogP contribution >= 0.6 is 19.6 Å². The van der Waals surface area contributed by atoms with Crippen molar-refractivity contribution in [3.8, 4) is 0 Å². The van der Waals surface area contributed by atoms with E-state index < -0.39 is 83.6 Å². The van der Waals surface area contributed by atoms with Gasteiger partial charge in [0.05, 0.1) is 18.7 Å². The lowest BCUT2D eigenvalue weighted by Crippen LogP contribution is -2.46. The number of phosphoric ester groups is 1. The van der Waals surface area contributed by atoms with Gasteiger partial charge in [0.2, 0.25) is 21.8 Å². The minimum Gasteiger partial charge on any atom is -0.387 e. The number of nitrogens with one attached hydrogen (secondary N) is 3. The van der Waals surface area contributed by atoms with Gasteiger partial charge in [0.25, 0.3) is 0 Å². The zero-order valence-electron chi connectivity index (χ0n) is 28.5. The summed E-state index contributed by atoms with van der Waals surface area (Å²) in [5, 5.41) is 36.0. The summed E-state index contributed by atoms with van der Waals surface area (Å²) >= 11 is 1.25. The smallest absolute Gasteiger partial charge is 0.387 e. The van der Waals surface area contributed by atoms with Gasteiger partial charge in [-0.25, -0.2) is 32.7 Å². The van der Waals surface area contributed by atoms with E-state index >= 15 is 0 Å². The summed E-state index contributed by atoms with van der Waals surface area (Å²) < 4.78 is 51.2. The molecule has 2 amide bonds. The van der Waals surface area contributed by atoms with Gasteiger partial charge in [-0.3, -0.25) is 18.7 Å². The molecule has 1 saturated heterocycles. The Balaban J connectivity index is 1.46. The van der Waals surface area contributed by atoms with Gasteiger partial charge in [-0.1, -0.05) is 27.7 Å². The largest absolute Gasteiger partial charge is 0.469 e. The van der Waals surface area contributed by atoms with E-state index in [-0.39, 0.29) is 54.7 Å². The monoisotopic (exact) mass is 785 g/mol. The number of amides is 2. The molecule has 51 heavy (non-hydrogen) atoms. The average molecular weight is 786 g/mol. The number of imidazole rings is 1. The standard InChI is InChI=1S/C27H48N9O12PS2/c1-14(2)18(28)16(50-8-7-30-17(37)5-6-31-25(41)22(40)27(3,4)11-47-49(42,43)44)10-51(45,46)35-9-15-20(38)21(39)26(48-15)36-13-34-19-23(29)32-12-33-24(19)36/h12-16,18,20-22,26,35,38-40H,5-11,28H2,1-4H3,(H,30,37)(H,31,41)(H2,29,32,33)(H2,42,43,44)/t15-,16+,18-,20-,21-,22+,26-/m1/s1. The second-order valence-corrected chi connectivity index (χ2v) is 17.5. The number of carbonyl (C=O) groups excluding carboxylic acids is 2. The molecule has 0 aromatic carbocycles. The number of carbonyl (C=O) groups is 2. The second kappa shape index (κ2) is 18.0. The van der Waals surface area contributed by atoms with Crippen LogP contribution in [-0.4, -0.2) is 138 Å². The lowest BCUT2D eigenvalue weighted by molar-refractivity contribution is -0.137. The first-order chi connectivity index (χ1) is 23.6. The SMILES string of the molecule is CC(C)[C@@H](N)[C@H](CS(=O)(=O)NC[C@H]1O[C@@H](n2cnc3c(N)ncnc32)[C@H](O)[C@@H]1O)SCCNC(=O)CCNC(=O)[C@H](O)C(C)(C)COP(=O)(O)O. The molecule has 0 saturated carbocycles. The minimum atomic E-state index is -4.80. The number of hydrogen-bond acceptors (Lipinski definition) is 16. The molecule has 0 unspecified atom stereocenters. The van der Waals surface area contributed by atoms with Gasteiger partial charge in [-0.05, 0) is 5.92 Å². The summed E-state index contributed by atoms with van der Waals surface area (Å²) in [5.41, 5.74) is 11.4. The topological polar surface area (TPSA) is 337 Å². The van der Waals surface area contributed by atoms with Crippen molar-refractivity contribution in [1.29, 1.82) is 0 Å². The number of nitrogens with zero attached hydrogens (tertiary/aromatic N) is 4. The Morgan fingerprint density at radius 1 is 1.16 bits per heavy atom. The van der Waals surface area contributed by atoms with Crippen LogP contribution in [0.25, 0.3) is 11.2 Å². The van der Waals surface area contributed by atoms with E-state index in [0.29, 0.717) is 5.75 Å². The number of fused-ring (bicyclic) bond motifs is 1. The molecule has 21 nitrogen and oxygen atoms in total. The van der Waals surface area contributed by atoms with Crippen molar-refractivity contribution < 1.29 is 56.9 Å². The van der Waals surface area contributed by atoms with Crippen molar-refractivity contribution in [3.05, 3.63) is 12.7 Å². The molecule has 1 fully saturated rings. The fraction of sp³-hybridized carbons (Fsp3) is 0.741. The normalized spacial score (nSPS) is 21.9. The highest BCUT2D eigenvalue weighted by Crippen LogP contribution is 2.39. The first kappa shape index (κ1) is 42.9. The zero-order chi connectivity index (χ0) is 38.3. The van der Waals surface area contributed by atoms with Crippen LogP contribution in [0.15, 0.2) is 12.7 Å². The number of rotatable bonds is 20. The maximum Gasteiger partial charge on any atom is 0.469 e. The van der Waals surface area contributed by atoms with Crippen molar-refractivity contribution in [3.63, 3.8) is 0 Å². The fourth-order valence-corrected chi connectivity index (χ4v) is 8.61. The summed E-state index contributed by atoms with van der Waals surface area (Å²) in [6.07, 6.45) is -4.39. The first-order valence-corrected chi connectivity index (χ1v) is 20.1. The third-order valence-corrected chi connectivity index (χ3v) is 11.5. The van der Waals surface area contributed by atoms with Crippen LogP contribution in [0.4, 0.5) is 5.82 Å². The number of aliphatic hydroxyl groups is 3. The molecule has 7 atom stereocenters. The summed E-state index contributed by atoms with van der Waals surface area (Å²) in [4.78, 5) is 54.4. The van der Waals surface area contributed by atoms with Gasteiger partial charge >= 0.3 is 7.82 Å². The number of phosphoric acid groups is 1. The Bertz CT molecular complexity index is 1640. The predicted octanol–water partition coefficient (Wildman–Crippen LogP) is -2.85. The highest BCUT2D eigenvalue weighted by atomic mass is 32.2. The molecular weight excluding hydrogens is 737 g/mol. The van der Waals surface area contributed by atoms with Crippen LogP contribution in [-0.2, 0) is 33.4 Å². The highest BCUT2D eigenvalue weighted by molar-refractivity contribution is 8.01. The number of sulfonamides is 1. The van der Waals surface area contributed by atoms with Gasteiger partial charge in [0.15, 0.2) is 17.7 Å². The number of ether oxygens (including phenoxy) is 1. The quantitative estimate of drug-likeness (QED) is 0.0477. The molecule has 2 aromatic heterocycles. The van der Waals surface area contributed by atoms with Crippen molar-refractivity contribution in [1.82, 2.24) is 34.9 Å². The van der Waals surface area contributed by atoms with Crippen molar-refractivity contribution in [2.45, 2.75) is 76.1 Å². The van der Waals surface area contributed by atoms with Crippen LogP contribution < -0.4 is 26.8 Å². The van der Waals surface area contributed by atoms with Gasteiger partial charge < -0.3 is 51.9 Å². The Morgan fingerprint density at radius 2 is 1.84 bits per heavy atom. The summed E-state index contributed by atoms with van der Waals surface area (Å²) in [7, 11) is -8.78. The molecule has 290 valence electrons. The maximum absolute atomic E-state index is 13.2. The van der Waals surface area contributed by atoms with Crippen molar-refractivity contribution >= 4 is 58.4 Å². The van der Waals surface area contributed by atoms with Crippen molar-refractivity contribution in [2.24, 2.45) is 17.1 Å². The molecule has 0 aliphatic carbocycles. The molecule has 1 aliphatic heterocycles. The maximum atomic E-state index is 13.2. The molecule has 0 spiro atoms. The lowest BCUT2D eigenvalue weighted by atomic mass is 9.87. The number of nitrogen functional groups attached to an aromatic ring is 1. The molecule has 24 heteroatoms. The Labute approximate surface area is 298 Å². The summed E-state index contributed by atoms with van der Waals surface area (Å²) in [6, 6.07) is -0.538. The van der Waals surface area contributed by atoms with E-state index in [1.54, 1.807) is 0 Å². The van der Waals surface area contributed by atoms with Gasteiger partial charge in [-0.2, -0.15) is 11.8 Å². The molecule has 3 rings (SSSR count). The molecule has 3 heterocycles. The van der Waals surface area contributed by atoms with Crippen LogP contribution in [0.5, 0.6) is 0 Å². The molecule has 1 aliphatic rings. The highest BCUT2D eigenvalue weighted by Gasteiger charge is 2.45. The average Bonchev–Trinajstić information content (AvgIpc) is 3.60. The van der Waals surface area contributed by atoms with E-state index in [9.17, 15) is 37.9 Å². The van der Waals surface area contributed by atoms with E-state index in [1.807, 2.05) is 13.8 Å². The molecule has 0 radical (unpaired) electrons. The lowest BCUT2D eigenvalue weighted by Gasteiger charge is -2.29. The number of hydrogen-bond donors (Lipinski definition) is 10. The first-order valence-electron chi connectivity index (χ1n) is 15.8. The second-order valence-electron chi connectivity index (χ2n) is 13.0. The Kier molecular flexibility index (Phi) is 15.1. The number of thioether (sulfide) groups is 1. The van der Waals surface area contributed by atoms with Crippen molar-refractivity contribution in [2.75, 3.05) is 43.5 Å². The van der Waals surface area contributed by atoms with Crippen LogP contribution in [0.3, 0.4) is 0 Å². The van der Waals surface area contributed by atoms with E-state index in [2.05, 4.69) is 34.8 Å². The van der Waals surface area contributed by atoms with E-state index in [1.165, 1.54) is 42.8 Å². The molecule has 2 aromatic rings. The summed E-state index contributed by atoms with van der Waals surface area (Å²) in [6.45, 7) is 5.53.